The Morgan fingerprint density at radius 2 is 1.81 bits per heavy atom. The van der Waals surface area contributed by atoms with Gasteiger partial charge in [0.05, 0.1) is 0 Å². The SMILES string of the molecule is Cc1ccc(C(=O)Nc2ccc3[nH]c(C)cc3c2)c(C)c1. The molecule has 0 bridgehead atoms. The first-order valence-electron chi connectivity index (χ1n) is 7.01. The van der Waals surface area contributed by atoms with Gasteiger partial charge in [0.25, 0.3) is 5.91 Å². The Kier molecular flexibility index (Phi) is 3.26. The van der Waals surface area contributed by atoms with Gasteiger partial charge in [-0.1, -0.05) is 17.7 Å². The summed E-state index contributed by atoms with van der Waals surface area (Å²) in [6, 6.07) is 13.8. The van der Waals surface area contributed by atoms with Gasteiger partial charge >= 0.3 is 0 Å². The third-order valence-corrected chi connectivity index (χ3v) is 3.64. The van der Waals surface area contributed by atoms with Crippen LogP contribution >= 0.6 is 0 Å². The number of anilines is 1. The number of carbonyl (C=O) groups excluding carboxylic acids is 1. The van der Waals surface area contributed by atoms with Crippen LogP contribution in [0.4, 0.5) is 5.69 Å². The van der Waals surface area contributed by atoms with Crippen LogP contribution < -0.4 is 5.32 Å². The molecular formula is C18H18N2O. The molecule has 21 heavy (non-hydrogen) atoms. The van der Waals surface area contributed by atoms with Gasteiger partial charge in [-0.3, -0.25) is 4.79 Å². The molecule has 1 heterocycles. The highest BCUT2D eigenvalue weighted by Gasteiger charge is 2.09. The van der Waals surface area contributed by atoms with E-state index >= 15 is 0 Å². The molecule has 1 amide bonds. The molecule has 3 aromatic rings. The number of rotatable bonds is 2. The van der Waals surface area contributed by atoms with Gasteiger partial charge in [0.1, 0.15) is 0 Å². The van der Waals surface area contributed by atoms with E-state index in [0.29, 0.717) is 5.56 Å². The van der Waals surface area contributed by atoms with Gasteiger partial charge in [-0.25, -0.2) is 0 Å². The summed E-state index contributed by atoms with van der Waals surface area (Å²) in [6.45, 7) is 6.01. The van der Waals surface area contributed by atoms with Gasteiger partial charge in [0.15, 0.2) is 0 Å². The average Bonchev–Trinajstić information content (AvgIpc) is 2.77. The fraction of sp³-hybridized carbons (Fsp3) is 0.167. The summed E-state index contributed by atoms with van der Waals surface area (Å²) in [7, 11) is 0. The zero-order valence-electron chi connectivity index (χ0n) is 12.4. The first-order valence-corrected chi connectivity index (χ1v) is 7.01. The quantitative estimate of drug-likeness (QED) is 0.719. The van der Waals surface area contributed by atoms with E-state index in [1.54, 1.807) is 0 Å². The Morgan fingerprint density at radius 1 is 1.00 bits per heavy atom. The first-order chi connectivity index (χ1) is 10.0. The molecule has 0 unspecified atom stereocenters. The lowest BCUT2D eigenvalue weighted by atomic mass is 10.1. The van der Waals surface area contributed by atoms with Crippen molar-refractivity contribution in [3.63, 3.8) is 0 Å². The van der Waals surface area contributed by atoms with Crippen LogP contribution in [0.3, 0.4) is 0 Å². The second-order valence-corrected chi connectivity index (χ2v) is 5.53. The topological polar surface area (TPSA) is 44.9 Å². The molecule has 1 aromatic heterocycles. The average molecular weight is 278 g/mol. The van der Waals surface area contributed by atoms with Crippen molar-refractivity contribution in [1.29, 1.82) is 0 Å². The number of H-pyrrole nitrogens is 1. The van der Waals surface area contributed by atoms with E-state index < -0.39 is 0 Å². The number of benzene rings is 2. The summed E-state index contributed by atoms with van der Waals surface area (Å²) in [4.78, 5) is 15.6. The molecule has 106 valence electrons. The zero-order valence-corrected chi connectivity index (χ0v) is 12.4. The van der Waals surface area contributed by atoms with Crippen LogP contribution in [0, 0.1) is 20.8 Å². The summed E-state index contributed by atoms with van der Waals surface area (Å²) < 4.78 is 0. The molecule has 0 spiro atoms. The van der Waals surface area contributed by atoms with Gasteiger partial charge in [0, 0.05) is 27.8 Å². The fourth-order valence-electron chi connectivity index (χ4n) is 2.62. The molecule has 0 saturated heterocycles. The maximum Gasteiger partial charge on any atom is 0.255 e. The lowest BCUT2D eigenvalue weighted by Crippen LogP contribution is -2.13. The highest BCUT2D eigenvalue weighted by molar-refractivity contribution is 6.06. The van der Waals surface area contributed by atoms with Gasteiger partial charge in [-0.15, -0.1) is 0 Å². The largest absolute Gasteiger partial charge is 0.359 e. The molecule has 3 rings (SSSR count). The molecule has 0 radical (unpaired) electrons. The van der Waals surface area contributed by atoms with E-state index in [9.17, 15) is 4.79 Å². The molecule has 3 nitrogen and oxygen atoms in total. The third-order valence-electron chi connectivity index (χ3n) is 3.64. The Hall–Kier alpha value is -2.55. The molecule has 3 heteroatoms. The van der Waals surface area contributed by atoms with Crippen molar-refractivity contribution in [2.45, 2.75) is 20.8 Å². The second kappa shape index (κ2) is 5.09. The monoisotopic (exact) mass is 278 g/mol. The molecule has 2 aromatic carbocycles. The van der Waals surface area contributed by atoms with Gasteiger partial charge in [-0.05, 0) is 56.7 Å². The maximum atomic E-state index is 12.4. The lowest BCUT2D eigenvalue weighted by Gasteiger charge is -2.08. The standard InChI is InChI=1S/C18H18N2O/c1-11-4-6-16(12(2)8-11)18(21)20-15-5-7-17-14(10-15)9-13(3)19-17/h4-10,19H,1-3H3,(H,20,21). The minimum absolute atomic E-state index is 0.0703. The first kappa shape index (κ1) is 13.4. The van der Waals surface area contributed by atoms with Crippen LogP contribution in [0.25, 0.3) is 10.9 Å². The van der Waals surface area contributed by atoms with E-state index in [-0.39, 0.29) is 5.91 Å². The van der Waals surface area contributed by atoms with Crippen molar-refractivity contribution in [3.8, 4) is 0 Å². The van der Waals surface area contributed by atoms with Crippen LogP contribution in [0.5, 0.6) is 0 Å². The van der Waals surface area contributed by atoms with Gasteiger partial charge in [-0.2, -0.15) is 0 Å². The number of carbonyl (C=O) groups is 1. The van der Waals surface area contributed by atoms with Crippen LogP contribution in [-0.2, 0) is 0 Å². The third kappa shape index (κ3) is 2.68. The summed E-state index contributed by atoms with van der Waals surface area (Å²) in [5.74, 6) is -0.0703. The second-order valence-electron chi connectivity index (χ2n) is 5.53. The predicted molar refractivity (Wildman–Crippen MR) is 86.9 cm³/mol. The molecular weight excluding hydrogens is 260 g/mol. The van der Waals surface area contributed by atoms with Crippen LogP contribution in [-0.4, -0.2) is 10.9 Å². The number of hydrogen-bond acceptors (Lipinski definition) is 1. The van der Waals surface area contributed by atoms with E-state index in [1.807, 2.05) is 57.2 Å². The Morgan fingerprint density at radius 3 is 2.57 bits per heavy atom. The summed E-state index contributed by atoms with van der Waals surface area (Å²) >= 11 is 0. The molecule has 0 aliphatic rings. The minimum atomic E-state index is -0.0703. The van der Waals surface area contributed by atoms with Crippen LogP contribution in [0.15, 0.2) is 42.5 Å². The number of fused-ring (bicyclic) bond motifs is 1. The molecule has 0 aliphatic heterocycles. The molecule has 0 saturated carbocycles. The van der Waals surface area contributed by atoms with Gasteiger partial charge in [0.2, 0.25) is 0 Å². The Bertz CT molecular complexity index is 830. The number of hydrogen-bond donors (Lipinski definition) is 2. The summed E-state index contributed by atoms with van der Waals surface area (Å²) in [5, 5.41) is 4.07. The lowest BCUT2D eigenvalue weighted by molar-refractivity contribution is 0.102. The van der Waals surface area contributed by atoms with Gasteiger partial charge < -0.3 is 10.3 Å². The fourth-order valence-corrected chi connectivity index (χ4v) is 2.62. The van der Waals surface area contributed by atoms with Crippen molar-refractivity contribution in [2.24, 2.45) is 0 Å². The van der Waals surface area contributed by atoms with Crippen molar-refractivity contribution in [2.75, 3.05) is 5.32 Å². The molecule has 0 aliphatic carbocycles. The maximum absolute atomic E-state index is 12.4. The summed E-state index contributed by atoms with van der Waals surface area (Å²) in [6.07, 6.45) is 0. The minimum Gasteiger partial charge on any atom is -0.359 e. The molecule has 0 fully saturated rings. The number of nitrogens with one attached hydrogen (secondary N) is 2. The Labute approximate surface area is 124 Å². The van der Waals surface area contributed by atoms with E-state index in [1.165, 1.54) is 0 Å². The number of aromatic amines is 1. The van der Waals surface area contributed by atoms with Crippen molar-refractivity contribution in [1.82, 2.24) is 4.98 Å². The highest BCUT2D eigenvalue weighted by atomic mass is 16.1. The van der Waals surface area contributed by atoms with Crippen LogP contribution in [0.2, 0.25) is 0 Å². The zero-order chi connectivity index (χ0) is 15.0. The van der Waals surface area contributed by atoms with Crippen molar-refractivity contribution >= 4 is 22.5 Å². The Balaban J connectivity index is 1.88. The number of aromatic nitrogens is 1. The summed E-state index contributed by atoms with van der Waals surface area (Å²) in [5.41, 5.74) is 5.87. The van der Waals surface area contributed by atoms with Crippen LogP contribution in [0.1, 0.15) is 27.2 Å². The number of aryl methyl sites for hydroxylation is 3. The van der Waals surface area contributed by atoms with E-state index in [0.717, 1.165) is 33.4 Å². The number of amides is 1. The highest BCUT2D eigenvalue weighted by Crippen LogP contribution is 2.21. The van der Waals surface area contributed by atoms with Crippen molar-refractivity contribution in [3.05, 3.63) is 64.8 Å². The van der Waals surface area contributed by atoms with Crippen molar-refractivity contribution < 1.29 is 4.79 Å². The van der Waals surface area contributed by atoms with E-state index in [4.69, 9.17) is 0 Å². The molecule has 0 atom stereocenters. The molecule has 2 N–H and O–H groups in total. The smallest absolute Gasteiger partial charge is 0.255 e. The normalized spacial score (nSPS) is 10.8. The van der Waals surface area contributed by atoms with E-state index in [2.05, 4.69) is 16.4 Å². The predicted octanol–water partition coefficient (Wildman–Crippen LogP) is 4.35.